The lowest BCUT2D eigenvalue weighted by Crippen LogP contribution is -2.11. The average molecular weight is 268 g/mol. The second-order valence-corrected chi connectivity index (χ2v) is 4.34. The predicted octanol–water partition coefficient (Wildman–Crippen LogP) is 3.42. The third-order valence-electron chi connectivity index (χ3n) is 2.37. The third-order valence-corrected chi connectivity index (χ3v) is 3.09. The van der Waals surface area contributed by atoms with Gasteiger partial charge in [-0.15, -0.1) is 0 Å². The van der Waals surface area contributed by atoms with Gasteiger partial charge in [0.1, 0.15) is 0 Å². The van der Waals surface area contributed by atoms with Crippen molar-refractivity contribution < 1.29 is 5.11 Å². The number of aliphatic hydroxyl groups excluding tert-OH is 1. The normalized spacial score (nSPS) is 14.3. The van der Waals surface area contributed by atoms with E-state index in [1.807, 2.05) is 31.2 Å². The highest BCUT2D eigenvalue weighted by atomic mass is 79.9. The minimum absolute atomic E-state index is 0.325. The fourth-order valence-electron chi connectivity index (χ4n) is 1.54. The molecule has 0 radical (unpaired) electrons. The molecule has 0 aliphatic rings. The average Bonchev–Trinajstić information content (AvgIpc) is 2.25. The molecule has 0 aromatic heterocycles. The van der Waals surface area contributed by atoms with Gasteiger partial charge in [0.2, 0.25) is 0 Å². The Morgan fingerprint density at radius 3 is 2.67 bits per heavy atom. The Morgan fingerprint density at radius 2 is 2.13 bits per heavy atom. The molecule has 0 heterocycles. The Kier molecular flexibility index (Phi) is 4.80. The molecule has 0 fully saturated rings. The fourth-order valence-corrected chi connectivity index (χ4v) is 2.06. The highest BCUT2D eigenvalue weighted by molar-refractivity contribution is 9.10. The van der Waals surface area contributed by atoms with E-state index in [-0.39, 0.29) is 5.92 Å². The van der Waals surface area contributed by atoms with Gasteiger partial charge in [0.15, 0.2) is 0 Å². The Labute approximate surface area is 98.7 Å². The molecule has 0 bridgehead atoms. The summed E-state index contributed by atoms with van der Waals surface area (Å²) in [7, 11) is 0. The van der Waals surface area contributed by atoms with Crippen molar-refractivity contribution in [1.29, 1.82) is 5.26 Å². The Hall–Kier alpha value is -0.850. The molecule has 2 unspecified atom stereocenters. The van der Waals surface area contributed by atoms with Crippen LogP contribution in [-0.4, -0.2) is 5.11 Å². The maximum atomic E-state index is 10.0. The zero-order valence-electron chi connectivity index (χ0n) is 8.65. The van der Waals surface area contributed by atoms with Gasteiger partial charge < -0.3 is 5.11 Å². The van der Waals surface area contributed by atoms with Crippen molar-refractivity contribution in [3.05, 3.63) is 34.3 Å². The summed E-state index contributed by atoms with van der Waals surface area (Å²) in [4.78, 5) is 0. The topological polar surface area (TPSA) is 44.0 Å². The number of nitriles is 1. The predicted molar refractivity (Wildman–Crippen MR) is 63.1 cm³/mol. The minimum atomic E-state index is -0.703. The Bertz CT molecular complexity index is 359. The highest BCUT2D eigenvalue weighted by Crippen LogP contribution is 2.30. The molecule has 0 aliphatic heterocycles. The van der Waals surface area contributed by atoms with Crippen molar-refractivity contribution in [1.82, 2.24) is 0 Å². The molecule has 1 aromatic rings. The second kappa shape index (κ2) is 5.89. The third kappa shape index (κ3) is 3.05. The van der Waals surface area contributed by atoms with Crippen LogP contribution < -0.4 is 0 Å². The summed E-state index contributed by atoms with van der Waals surface area (Å²) in [5.74, 6) is -0.325. The van der Waals surface area contributed by atoms with E-state index < -0.39 is 6.10 Å². The highest BCUT2D eigenvalue weighted by Gasteiger charge is 2.21. The minimum Gasteiger partial charge on any atom is -0.387 e. The molecule has 1 rings (SSSR count). The van der Waals surface area contributed by atoms with Crippen molar-refractivity contribution in [2.24, 2.45) is 5.92 Å². The largest absolute Gasteiger partial charge is 0.387 e. The van der Waals surface area contributed by atoms with E-state index in [1.165, 1.54) is 0 Å². The van der Waals surface area contributed by atoms with E-state index in [4.69, 9.17) is 5.26 Å². The summed E-state index contributed by atoms with van der Waals surface area (Å²) in [6, 6.07) is 9.63. The first-order valence-corrected chi connectivity index (χ1v) is 5.82. The zero-order valence-corrected chi connectivity index (χ0v) is 10.2. The Balaban J connectivity index is 2.88. The van der Waals surface area contributed by atoms with Crippen LogP contribution in [-0.2, 0) is 0 Å². The lowest BCUT2D eigenvalue weighted by Gasteiger charge is -2.17. The molecule has 2 atom stereocenters. The summed E-state index contributed by atoms with van der Waals surface area (Å²) in [5.41, 5.74) is 0.789. The van der Waals surface area contributed by atoms with Gasteiger partial charge in [-0.05, 0) is 18.1 Å². The van der Waals surface area contributed by atoms with E-state index in [9.17, 15) is 5.11 Å². The standard InChI is InChI=1S/C12H14BrNO/c1-2-5-9(8-14)12(15)10-6-3-4-7-11(10)13/h3-4,6-7,9,12,15H,2,5H2,1H3. The van der Waals surface area contributed by atoms with E-state index in [2.05, 4.69) is 22.0 Å². The quantitative estimate of drug-likeness (QED) is 0.909. The molecular formula is C12H14BrNO. The van der Waals surface area contributed by atoms with Crippen molar-refractivity contribution >= 4 is 15.9 Å². The van der Waals surface area contributed by atoms with Crippen LogP contribution in [0.3, 0.4) is 0 Å². The summed E-state index contributed by atoms with van der Waals surface area (Å²) >= 11 is 3.38. The molecule has 2 nitrogen and oxygen atoms in total. The number of halogens is 1. The van der Waals surface area contributed by atoms with Crippen LogP contribution in [0.4, 0.5) is 0 Å². The fraction of sp³-hybridized carbons (Fsp3) is 0.417. The molecule has 0 spiro atoms. The van der Waals surface area contributed by atoms with Gasteiger partial charge >= 0.3 is 0 Å². The number of nitrogens with zero attached hydrogens (tertiary/aromatic N) is 1. The molecule has 0 amide bonds. The molecule has 1 N–H and O–H groups in total. The molecule has 0 aliphatic carbocycles. The monoisotopic (exact) mass is 267 g/mol. The van der Waals surface area contributed by atoms with Gasteiger partial charge in [0.25, 0.3) is 0 Å². The molecule has 3 heteroatoms. The van der Waals surface area contributed by atoms with Gasteiger partial charge in [0.05, 0.1) is 18.1 Å². The van der Waals surface area contributed by atoms with Gasteiger partial charge in [-0.25, -0.2) is 0 Å². The van der Waals surface area contributed by atoms with Crippen molar-refractivity contribution in [2.45, 2.75) is 25.9 Å². The first-order valence-electron chi connectivity index (χ1n) is 5.02. The van der Waals surface area contributed by atoms with Crippen molar-refractivity contribution in [3.8, 4) is 6.07 Å². The van der Waals surface area contributed by atoms with E-state index in [0.29, 0.717) is 0 Å². The van der Waals surface area contributed by atoms with Crippen LogP contribution in [0.15, 0.2) is 28.7 Å². The maximum absolute atomic E-state index is 10.0. The van der Waals surface area contributed by atoms with Gasteiger partial charge in [0, 0.05) is 4.47 Å². The molecular weight excluding hydrogens is 254 g/mol. The summed E-state index contributed by atoms with van der Waals surface area (Å²) in [6.07, 6.45) is 0.921. The zero-order chi connectivity index (χ0) is 11.3. The summed E-state index contributed by atoms with van der Waals surface area (Å²) in [6.45, 7) is 2.01. The SMILES string of the molecule is CCCC(C#N)C(O)c1ccccc1Br. The molecule has 15 heavy (non-hydrogen) atoms. The number of hydrogen-bond donors (Lipinski definition) is 1. The smallest absolute Gasteiger partial charge is 0.0959 e. The van der Waals surface area contributed by atoms with E-state index >= 15 is 0 Å². The summed E-state index contributed by atoms with van der Waals surface area (Å²) < 4.78 is 0.855. The van der Waals surface area contributed by atoms with Gasteiger partial charge in [-0.3, -0.25) is 0 Å². The van der Waals surface area contributed by atoms with Crippen molar-refractivity contribution in [2.75, 3.05) is 0 Å². The van der Waals surface area contributed by atoms with Crippen LogP contribution in [0.25, 0.3) is 0 Å². The second-order valence-electron chi connectivity index (χ2n) is 3.49. The van der Waals surface area contributed by atoms with Crippen LogP contribution >= 0.6 is 15.9 Å². The van der Waals surface area contributed by atoms with Gasteiger partial charge in [-0.2, -0.15) is 5.26 Å². The summed E-state index contributed by atoms with van der Waals surface area (Å²) in [5, 5.41) is 19.0. The lowest BCUT2D eigenvalue weighted by molar-refractivity contribution is 0.129. The van der Waals surface area contributed by atoms with Gasteiger partial charge in [-0.1, -0.05) is 47.5 Å². The van der Waals surface area contributed by atoms with E-state index in [0.717, 1.165) is 22.9 Å². The molecule has 0 saturated heterocycles. The van der Waals surface area contributed by atoms with Crippen LogP contribution in [0.2, 0.25) is 0 Å². The number of aliphatic hydroxyl groups is 1. The molecule has 1 aromatic carbocycles. The van der Waals surface area contributed by atoms with Crippen LogP contribution in [0.1, 0.15) is 31.4 Å². The molecule has 0 saturated carbocycles. The first kappa shape index (κ1) is 12.2. The first-order chi connectivity index (χ1) is 7.20. The number of rotatable bonds is 4. The lowest BCUT2D eigenvalue weighted by atomic mass is 9.93. The van der Waals surface area contributed by atoms with Crippen molar-refractivity contribution in [3.63, 3.8) is 0 Å². The van der Waals surface area contributed by atoms with Crippen LogP contribution in [0, 0.1) is 17.2 Å². The Morgan fingerprint density at radius 1 is 1.47 bits per heavy atom. The van der Waals surface area contributed by atoms with Crippen LogP contribution in [0.5, 0.6) is 0 Å². The maximum Gasteiger partial charge on any atom is 0.0959 e. The number of hydrogen-bond acceptors (Lipinski definition) is 2. The molecule has 80 valence electrons. The number of benzene rings is 1. The van der Waals surface area contributed by atoms with E-state index in [1.54, 1.807) is 0 Å².